The second kappa shape index (κ2) is 24.5. The summed E-state index contributed by atoms with van der Waals surface area (Å²) in [6.45, 7) is 0. The third-order valence-electron chi connectivity index (χ3n) is 0. The van der Waals surface area contributed by atoms with Crippen LogP contribution in [0.2, 0.25) is 0 Å². The average molecular weight is 708 g/mol. The standard InChI is InChI=1S/3Cu.2Mo.14O.2V/q3*+2;;;;;;;;;;;6*-1;;. The fraction of sp³-hybridized carbons (Fsp3) is 0. The fourth-order valence-electron chi connectivity index (χ4n) is 0. The number of hydrogen-bond acceptors (Lipinski definition) is 14. The van der Waals surface area contributed by atoms with Crippen molar-refractivity contribution in [2.24, 2.45) is 0 Å². The molecule has 0 heterocycles. The molecule has 0 spiro atoms. The summed E-state index contributed by atoms with van der Waals surface area (Å²) in [5.41, 5.74) is 0. The van der Waals surface area contributed by atoms with Crippen molar-refractivity contribution in [2.45, 2.75) is 0 Å². The van der Waals surface area contributed by atoms with Crippen LogP contribution in [0.25, 0.3) is 0 Å². The molecule has 0 aromatic heterocycles. The van der Waals surface area contributed by atoms with E-state index >= 15 is 0 Å². The van der Waals surface area contributed by atoms with Gasteiger partial charge in [0.05, 0.1) is 0 Å². The van der Waals surface area contributed by atoms with Crippen LogP contribution in [0, 0.1) is 0 Å². The summed E-state index contributed by atoms with van der Waals surface area (Å²) in [5.74, 6) is 0. The third kappa shape index (κ3) is 1780. The van der Waals surface area contributed by atoms with Crippen LogP contribution in [0.15, 0.2) is 0 Å². The number of rotatable bonds is 0. The van der Waals surface area contributed by atoms with Crippen molar-refractivity contribution in [2.75, 3.05) is 0 Å². The first-order valence-electron chi connectivity index (χ1n) is 2.43. The van der Waals surface area contributed by atoms with Crippen molar-refractivity contribution in [3.8, 4) is 0 Å². The van der Waals surface area contributed by atoms with E-state index in [0.717, 1.165) is 0 Å². The van der Waals surface area contributed by atoms with E-state index < -0.39 is 64.3 Å². The van der Waals surface area contributed by atoms with Gasteiger partial charge in [-0.1, -0.05) is 0 Å². The summed E-state index contributed by atoms with van der Waals surface area (Å²) < 4.78 is 120. The van der Waals surface area contributed by atoms with Gasteiger partial charge in [0.2, 0.25) is 0 Å². The van der Waals surface area contributed by atoms with Gasteiger partial charge in [-0.3, -0.25) is 0 Å². The summed E-state index contributed by atoms with van der Waals surface area (Å²) in [7, 11) is 0. The van der Waals surface area contributed by atoms with Crippen LogP contribution >= 0.6 is 0 Å². The maximum absolute atomic E-state index is 8.63. The molecule has 14 nitrogen and oxygen atoms in total. The molecular formula is Cu3Mo2O14V2. The summed E-state index contributed by atoms with van der Waals surface area (Å²) in [6, 6.07) is 0. The van der Waals surface area contributed by atoms with E-state index in [4.69, 9.17) is 51.4 Å². The van der Waals surface area contributed by atoms with Crippen molar-refractivity contribution in [3.05, 3.63) is 0 Å². The van der Waals surface area contributed by atoms with Gasteiger partial charge < -0.3 is 0 Å². The Morgan fingerprint density at radius 2 is 0.524 bits per heavy atom. The second-order valence-electron chi connectivity index (χ2n) is 1.26. The van der Waals surface area contributed by atoms with E-state index in [1.54, 1.807) is 0 Å². The van der Waals surface area contributed by atoms with Crippen molar-refractivity contribution in [1.82, 2.24) is 0 Å². The molecule has 0 atom stereocenters. The van der Waals surface area contributed by atoms with Gasteiger partial charge in [0, 0.05) is 0 Å². The van der Waals surface area contributed by atoms with Gasteiger partial charge in [-0.15, -0.1) is 0 Å². The van der Waals surface area contributed by atoms with Gasteiger partial charge in [-0.05, 0) is 0 Å². The Balaban J connectivity index is -0.0000000239. The van der Waals surface area contributed by atoms with Crippen molar-refractivity contribution in [1.29, 1.82) is 0 Å². The SMILES string of the molecule is [Cu+2].[Cu+2].[Cu+2].[O]=[Mo](=[O])([O-])[O-].[O]=[Mo](=[O])([O-])[O-].[O]=[V](=[O])[O-].[O]=[V](=[O])[O-]. The fourth-order valence-corrected chi connectivity index (χ4v) is 0. The molecule has 0 aliphatic carbocycles. The van der Waals surface area contributed by atoms with Gasteiger partial charge in [-0.25, -0.2) is 0 Å². The number of hydrogen-bond donors (Lipinski definition) is 0. The van der Waals surface area contributed by atoms with E-state index in [9.17, 15) is 0 Å². The van der Waals surface area contributed by atoms with Crippen LogP contribution in [-0.2, 0) is 144 Å². The first kappa shape index (κ1) is 43.6. The molecule has 0 aliphatic rings. The molecule has 0 saturated heterocycles. The average Bonchev–Trinajstić information content (AvgIpc) is 1.70. The zero-order valence-corrected chi connectivity index (χ0v) is 18.0. The Kier molecular flexibility index (Phi) is 50.9. The topological polar surface area (TPSA) is 275 Å². The first-order valence-corrected chi connectivity index (χ1v) is 12.4. The molecule has 0 saturated carbocycles. The zero-order chi connectivity index (χ0) is 16.2. The second-order valence-corrected chi connectivity index (χ2v) is 6.67. The first-order chi connectivity index (χ1) is 7.46. The van der Waals surface area contributed by atoms with Crippen LogP contribution in [0.3, 0.4) is 0 Å². The van der Waals surface area contributed by atoms with Crippen LogP contribution in [0.4, 0.5) is 0 Å². The molecule has 0 fully saturated rings. The van der Waals surface area contributed by atoms with Crippen LogP contribution in [0.1, 0.15) is 0 Å². The molecule has 21 heteroatoms. The molecule has 139 valence electrons. The monoisotopic (exact) mass is 710 g/mol. The summed E-state index contributed by atoms with van der Waals surface area (Å²) >= 11 is -19.9. The molecule has 0 aromatic carbocycles. The Morgan fingerprint density at radius 3 is 0.524 bits per heavy atom. The third-order valence-corrected chi connectivity index (χ3v) is 0. The van der Waals surface area contributed by atoms with Crippen molar-refractivity contribution < 1.29 is 167 Å². The minimum atomic E-state index is -6.02. The molecule has 0 aliphatic heterocycles. The maximum atomic E-state index is 8.63. The van der Waals surface area contributed by atoms with Crippen LogP contribution in [-0.4, -0.2) is 0 Å². The minimum absolute atomic E-state index is 0. The van der Waals surface area contributed by atoms with Crippen molar-refractivity contribution in [3.63, 3.8) is 0 Å². The van der Waals surface area contributed by atoms with Gasteiger partial charge in [0.15, 0.2) is 0 Å². The van der Waals surface area contributed by atoms with Gasteiger partial charge in [0.1, 0.15) is 0 Å². The van der Waals surface area contributed by atoms with E-state index in [1.807, 2.05) is 0 Å². The molecule has 0 bridgehead atoms. The zero-order valence-electron chi connectivity index (χ0n) is 8.33. The molecule has 0 N–H and O–H groups in total. The normalized spacial score (nSPS) is 7.90. The Labute approximate surface area is 164 Å². The Morgan fingerprint density at radius 1 is 0.524 bits per heavy atom. The Hall–Kier alpha value is 2.26. The Bertz CT molecular complexity index is 441. The van der Waals surface area contributed by atoms with E-state index in [0.29, 0.717) is 0 Å². The van der Waals surface area contributed by atoms with E-state index in [1.165, 1.54) is 0 Å². The molecule has 0 aromatic rings. The predicted octanol–water partition coefficient (Wildman–Crippen LogP) is -8.10. The molecular weight excluding hydrogens is 708 g/mol. The molecule has 0 unspecified atom stereocenters. The molecule has 0 rings (SSSR count). The van der Waals surface area contributed by atoms with Gasteiger partial charge in [-0.2, -0.15) is 0 Å². The van der Waals surface area contributed by atoms with E-state index in [-0.39, 0.29) is 51.2 Å². The summed E-state index contributed by atoms with van der Waals surface area (Å²) in [4.78, 5) is 0. The quantitative estimate of drug-likeness (QED) is 0.212. The molecule has 21 heavy (non-hydrogen) atoms. The summed E-state index contributed by atoms with van der Waals surface area (Å²) in [5, 5.41) is 0. The predicted molar refractivity (Wildman–Crippen MR) is 5.49 cm³/mol. The molecule has 0 amide bonds. The van der Waals surface area contributed by atoms with Crippen molar-refractivity contribution >= 4 is 0 Å². The van der Waals surface area contributed by atoms with E-state index in [2.05, 4.69) is 0 Å². The van der Waals surface area contributed by atoms with Crippen LogP contribution in [0.5, 0.6) is 0 Å². The summed E-state index contributed by atoms with van der Waals surface area (Å²) in [6.07, 6.45) is 0. The van der Waals surface area contributed by atoms with Gasteiger partial charge in [0.25, 0.3) is 0 Å². The van der Waals surface area contributed by atoms with Gasteiger partial charge >= 0.3 is 167 Å². The molecule has 3 radical (unpaired) electrons. The van der Waals surface area contributed by atoms with Crippen LogP contribution < -0.4 is 23.1 Å².